The third-order valence-corrected chi connectivity index (χ3v) is 6.27. The molecule has 0 saturated heterocycles. The number of aliphatic hydroxyl groups excluding tert-OH is 1. The quantitative estimate of drug-likeness (QED) is 0.875. The Morgan fingerprint density at radius 2 is 1.91 bits per heavy atom. The first-order valence-corrected chi connectivity index (χ1v) is 8.99. The van der Waals surface area contributed by atoms with Crippen LogP contribution >= 0.6 is 0 Å². The van der Waals surface area contributed by atoms with Crippen molar-refractivity contribution in [3.63, 3.8) is 0 Å². The van der Waals surface area contributed by atoms with Gasteiger partial charge in [0.2, 0.25) is 5.91 Å². The van der Waals surface area contributed by atoms with E-state index in [1.165, 1.54) is 19.3 Å². The molecule has 4 aliphatic rings. The van der Waals surface area contributed by atoms with Crippen LogP contribution in [0.5, 0.6) is 0 Å². The molecule has 0 spiro atoms. The van der Waals surface area contributed by atoms with Gasteiger partial charge in [-0.1, -0.05) is 0 Å². The summed E-state index contributed by atoms with van der Waals surface area (Å²) < 4.78 is 0. The van der Waals surface area contributed by atoms with Crippen molar-refractivity contribution in [2.45, 2.75) is 52.0 Å². The van der Waals surface area contributed by atoms with Gasteiger partial charge < -0.3 is 15.0 Å². The second-order valence-corrected chi connectivity index (χ2v) is 8.14. The number of hydrogen-bond donors (Lipinski definition) is 2. The van der Waals surface area contributed by atoms with Crippen LogP contribution in [0.1, 0.15) is 50.0 Å². The van der Waals surface area contributed by atoms with Crippen LogP contribution in [0.3, 0.4) is 0 Å². The van der Waals surface area contributed by atoms with Crippen molar-refractivity contribution < 1.29 is 9.90 Å². The fourth-order valence-electron chi connectivity index (χ4n) is 5.84. The highest BCUT2D eigenvalue weighted by Gasteiger charge is 2.55. The summed E-state index contributed by atoms with van der Waals surface area (Å²) >= 11 is 0. The van der Waals surface area contributed by atoms with E-state index in [9.17, 15) is 9.90 Å². The molecule has 5 rings (SSSR count). The average molecular weight is 317 g/mol. The van der Waals surface area contributed by atoms with E-state index in [-0.39, 0.29) is 17.9 Å². The molecule has 4 aliphatic carbocycles. The molecule has 0 aliphatic heterocycles. The first-order chi connectivity index (χ1) is 11.1. The second-order valence-electron chi connectivity index (χ2n) is 8.14. The molecule has 0 radical (unpaired) electrons. The molecule has 0 aromatic carbocycles. The van der Waals surface area contributed by atoms with Crippen molar-refractivity contribution in [3.05, 3.63) is 17.7 Å². The molecular weight excluding hydrogens is 290 g/mol. The van der Waals surface area contributed by atoms with Gasteiger partial charge in [-0.15, -0.1) is 0 Å². The first-order valence-electron chi connectivity index (χ1n) is 8.99. The Bertz CT molecular complexity index is 560. The Hall–Kier alpha value is -1.36. The highest BCUT2D eigenvalue weighted by Crippen LogP contribution is 2.60. The van der Waals surface area contributed by atoms with Gasteiger partial charge >= 0.3 is 0 Å². The molecule has 1 aromatic rings. The first kappa shape index (κ1) is 15.2. The molecule has 5 heteroatoms. The average Bonchev–Trinajstić information content (AvgIpc) is 2.90. The third kappa shape index (κ3) is 2.69. The maximum atomic E-state index is 13.4. The van der Waals surface area contributed by atoms with Gasteiger partial charge in [0.1, 0.15) is 5.82 Å². The van der Waals surface area contributed by atoms with E-state index in [0.29, 0.717) is 13.1 Å². The zero-order valence-corrected chi connectivity index (χ0v) is 13.9. The van der Waals surface area contributed by atoms with Gasteiger partial charge in [0.15, 0.2) is 0 Å². The molecule has 0 unspecified atom stereocenters. The molecule has 0 atom stereocenters. The molecule has 4 fully saturated rings. The van der Waals surface area contributed by atoms with Gasteiger partial charge in [-0.2, -0.15) is 0 Å². The van der Waals surface area contributed by atoms with E-state index in [4.69, 9.17) is 0 Å². The zero-order valence-electron chi connectivity index (χ0n) is 13.9. The van der Waals surface area contributed by atoms with Crippen molar-refractivity contribution in [2.24, 2.45) is 23.2 Å². The van der Waals surface area contributed by atoms with Crippen LogP contribution in [-0.2, 0) is 11.3 Å². The number of nitrogens with one attached hydrogen (secondary N) is 1. The van der Waals surface area contributed by atoms with Gasteiger partial charge in [-0.05, 0) is 63.2 Å². The molecule has 1 aromatic heterocycles. The minimum Gasteiger partial charge on any atom is -0.395 e. The molecule has 1 amide bonds. The smallest absolute Gasteiger partial charge is 0.229 e. The molecule has 4 bridgehead atoms. The van der Waals surface area contributed by atoms with Gasteiger partial charge in [0.25, 0.3) is 0 Å². The fourth-order valence-corrected chi connectivity index (χ4v) is 5.84. The summed E-state index contributed by atoms with van der Waals surface area (Å²) in [6.07, 6.45) is 9.03. The predicted molar refractivity (Wildman–Crippen MR) is 86.4 cm³/mol. The maximum absolute atomic E-state index is 13.4. The zero-order chi connectivity index (χ0) is 16.0. The summed E-state index contributed by atoms with van der Waals surface area (Å²) in [5.74, 6) is 3.42. The molecule has 4 saturated carbocycles. The number of amides is 1. The summed E-state index contributed by atoms with van der Waals surface area (Å²) in [4.78, 5) is 22.7. The van der Waals surface area contributed by atoms with Crippen LogP contribution in [0.2, 0.25) is 0 Å². The van der Waals surface area contributed by atoms with E-state index >= 15 is 0 Å². The van der Waals surface area contributed by atoms with Crippen molar-refractivity contribution in [1.82, 2.24) is 14.9 Å². The van der Waals surface area contributed by atoms with Gasteiger partial charge in [-0.25, -0.2) is 4.98 Å². The second kappa shape index (κ2) is 5.62. The number of nitrogens with zero attached hydrogens (tertiary/aromatic N) is 2. The molecule has 1 heterocycles. The number of rotatable bonds is 5. The van der Waals surface area contributed by atoms with E-state index in [1.807, 2.05) is 11.8 Å². The number of imidazole rings is 1. The number of carbonyl (C=O) groups excluding carboxylic acids is 1. The number of aliphatic hydroxyl groups is 1. The Morgan fingerprint density at radius 3 is 2.39 bits per heavy atom. The van der Waals surface area contributed by atoms with Crippen LogP contribution in [0, 0.1) is 30.1 Å². The van der Waals surface area contributed by atoms with Crippen LogP contribution < -0.4 is 0 Å². The van der Waals surface area contributed by atoms with Gasteiger partial charge in [-0.3, -0.25) is 4.79 Å². The molecular formula is C18H27N3O2. The van der Waals surface area contributed by atoms with Gasteiger partial charge in [0, 0.05) is 6.54 Å². The van der Waals surface area contributed by atoms with Crippen LogP contribution in [0.15, 0.2) is 6.20 Å². The Morgan fingerprint density at radius 1 is 1.30 bits per heavy atom. The van der Waals surface area contributed by atoms with E-state index in [1.54, 1.807) is 6.20 Å². The van der Waals surface area contributed by atoms with Crippen LogP contribution in [0.25, 0.3) is 0 Å². The lowest BCUT2D eigenvalue weighted by molar-refractivity contribution is -0.158. The maximum Gasteiger partial charge on any atom is 0.229 e. The summed E-state index contributed by atoms with van der Waals surface area (Å²) in [6, 6.07) is 0. The minimum atomic E-state index is -0.140. The number of aromatic nitrogens is 2. The minimum absolute atomic E-state index is 0.0191. The highest BCUT2D eigenvalue weighted by atomic mass is 16.3. The van der Waals surface area contributed by atoms with Crippen LogP contribution in [0.4, 0.5) is 0 Å². The largest absolute Gasteiger partial charge is 0.395 e. The van der Waals surface area contributed by atoms with E-state index in [0.717, 1.165) is 48.5 Å². The molecule has 126 valence electrons. The Kier molecular flexibility index (Phi) is 3.71. The molecule has 2 N–H and O–H groups in total. The number of carbonyl (C=O) groups is 1. The SMILES string of the molecule is Cc1ncc(CN(CCO)C(=O)C23CC4CC(CC(C4)C2)C3)[nH]1. The van der Waals surface area contributed by atoms with Crippen molar-refractivity contribution in [3.8, 4) is 0 Å². The summed E-state index contributed by atoms with van der Waals surface area (Å²) in [7, 11) is 0. The predicted octanol–water partition coefficient (Wildman–Crippen LogP) is 2.26. The van der Waals surface area contributed by atoms with Crippen molar-refractivity contribution >= 4 is 5.91 Å². The lowest BCUT2D eigenvalue weighted by Gasteiger charge is -2.56. The summed E-state index contributed by atoms with van der Waals surface area (Å²) in [5, 5.41) is 9.43. The Balaban J connectivity index is 1.55. The third-order valence-electron chi connectivity index (χ3n) is 6.27. The standard InChI is InChI=1S/C18H27N3O2/c1-12-19-10-16(20-12)11-21(2-3-22)17(23)18-7-13-4-14(8-18)6-15(5-13)9-18/h10,13-15,22H,2-9,11H2,1H3,(H,19,20). The molecule has 23 heavy (non-hydrogen) atoms. The summed E-state index contributed by atoms with van der Waals surface area (Å²) in [5.41, 5.74) is 0.813. The topological polar surface area (TPSA) is 69.2 Å². The number of aryl methyl sites for hydroxylation is 1. The lowest BCUT2D eigenvalue weighted by Crippen LogP contribution is -2.54. The van der Waals surface area contributed by atoms with Gasteiger partial charge in [0.05, 0.1) is 30.5 Å². The highest BCUT2D eigenvalue weighted by molar-refractivity contribution is 5.83. The molecule has 5 nitrogen and oxygen atoms in total. The number of H-pyrrole nitrogens is 1. The lowest BCUT2D eigenvalue weighted by atomic mass is 9.49. The monoisotopic (exact) mass is 317 g/mol. The van der Waals surface area contributed by atoms with E-state index < -0.39 is 0 Å². The van der Waals surface area contributed by atoms with Crippen molar-refractivity contribution in [1.29, 1.82) is 0 Å². The fraction of sp³-hybridized carbons (Fsp3) is 0.778. The normalized spacial score (nSPS) is 34.8. The number of hydrogen-bond acceptors (Lipinski definition) is 3. The Labute approximate surface area is 137 Å². The van der Waals surface area contributed by atoms with Crippen LogP contribution in [-0.4, -0.2) is 39.0 Å². The number of aromatic amines is 1. The van der Waals surface area contributed by atoms with E-state index in [2.05, 4.69) is 9.97 Å². The van der Waals surface area contributed by atoms with Crippen molar-refractivity contribution in [2.75, 3.05) is 13.2 Å². The summed E-state index contributed by atoms with van der Waals surface area (Å²) in [6.45, 7) is 2.88.